The summed E-state index contributed by atoms with van der Waals surface area (Å²) in [6.07, 6.45) is 2.80. The highest BCUT2D eigenvalue weighted by Gasteiger charge is 2.24. The minimum absolute atomic E-state index is 0.0971. The van der Waals surface area contributed by atoms with Gasteiger partial charge in [-0.1, -0.05) is 42.5 Å². The summed E-state index contributed by atoms with van der Waals surface area (Å²) in [4.78, 5) is 24.6. The van der Waals surface area contributed by atoms with Gasteiger partial charge in [-0.15, -0.1) is 0 Å². The van der Waals surface area contributed by atoms with Crippen LogP contribution in [0.2, 0.25) is 0 Å². The van der Waals surface area contributed by atoms with Gasteiger partial charge in [0.05, 0.1) is 7.11 Å². The highest BCUT2D eigenvalue weighted by atomic mass is 16.5. The highest BCUT2D eigenvalue weighted by Crippen LogP contribution is 2.17. The maximum absolute atomic E-state index is 12.4. The van der Waals surface area contributed by atoms with E-state index in [0.29, 0.717) is 25.4 Å². The van der Waals surface area contributed by atoms with Crippen LogP contribution in [-0.4, -0.2) is 38.1 Å². The Morgan fingerprint density at radius 3 is 2.40 bits per heavy atom. The van der Waals surface area contributed by atoms with Crippen LogP contribution in [0.5, 0.6) is 5.75 Å². The van der Waals surface area contributed by atoms with E-state index in [9.17, 15) is 9.59 Å². The van der Waals surface area contributed by atoms with Crippen LogP contribution in [0.25, 0.3) is 0 Å². The zero-order chi connectivity index (χ0) is 21.2. The fourth-order valence-electron chi connectivity index (χ4n) is 3.64. The van der Waals surface area contributed by atoms with E-state index in [1.165, 1.54) is 7.11 Å². The van der Waals surface area contributed by atoms with E-state index in [-0.39, 0.29) is 5.91 Å². The first kappa shape index (κ1) is 21.8. The number of carbonyl (C=O) groups excluding carboxylic acids is 2. The summed E-state index contributed by atoms with van der Waals surface area (Å²) in [5.41, 5.74) is 2.03. The van der Waals surface area contributed by atoms with Crippen LogP contribution in [0.1, 0.15) is 30.4 Å². The van der Waals surface area contributed by atoms with E-state index in [4.69, 9.17) is 9.47 Å². The number of piperidine rings is 1. The number of hydrogen-bond donors (Lipinski definition) is 2. The lowest BCUT2D eigenvalue weighted by molar-refractivity contribution is -0.145. The average Bonchev–Trinajstić information content (AvgIpc) is 2.79. The fraction of sp³-hybridized carbons (Fsp3) is 0.417. The van der Waals surface area contributed by atoms with Crippen LogP contribution < -0.4 is 15.4 Å². The largest absolute Gasteiger partial charge is 0.489 e. The van der Waals surface area contributed by atoms with Crippen LogP contribution in [0.15, 0.2) is 54.6 Å². The number of ether oxygens (including phenoxy) is 2. The number of hydrogen-bond acceptors (Lipinski definition) is 5. The third-order valence-corrected chi connectivity index (χ3v) is 5.37. The molecule has 6 nitrogen and oxygen atoms in total. The molecule has 1 fully saturated rings. The molecule has 0 bridgehead atoms. The normalized spacial score (nSPS) is 15.2. The van der Waals surface area contributed by atoms with Crippen molar-refractivity contribution in [2.75, 3.05) is 20.2 Å². The number of benzene rings is 2. The van der Waals surface area contributed by atoms with Gasteiger partial charge in [0.2, 0.25) is 5.91 Å². The third kappa shape index (κ3) is 6.88. The quantitative estimate of drug-likeness (QED) is 0.622. The molecule has 6 heteroatoms. The molecule has 3 rings (SSSR count). The molecule has 0 radical (unpaired) electrons. The smallest absolute Gasteiger partial charge is 0.328 e. The number of amides is 1. The van der Waals surface area contributed by atoms with Gasteiger partial charge in [-0.3, -0.25) is 4.79 Å². The predicted octanol–water partition coefficient (Wildman–Crippen LogP) is 2.86. The van der Waals surface area contributed by atoms with Gasteiger partial charge in [-0.05, 0) is 55.1 Å². The van der Waals surface area contributed by atoms with Crippen molar-refractivity contribution in [1.82, 2.24) is 10.6 Å². The molecule has 160 valence electrons. The van der Waals surface area contributed by atoms with E-state index in [1.54, 1.807) is 0 Å². The van der Waals surface area contributed by atoms with Crippen molar-refractivity contribution in [2.45, 2.75) is 38.3 Å². The number of nitrogens with one attached hydrogen (secondary N) is 2. The number of methoxy groups -OCH3 is 1. The Kier molecular flexibility index (Phi) is 8.27. The summed E-state index contributed by atoms with van der Waals surface area (Å²) < 4.78 is 10.7. The molecule has 1 heterocycles. The van der Waals surface area contributed by atoms with E-state index < -0.39 is 12.0 Å². The molecule has 0 unspecified atom stereocenters. The molecule has 0 saturated carbocycles. The van der Waals surface area contributed by atoms with E-state index in [2.05, 4.69) is 10.6 Å². The Labute approximate surface area is 178 Å². The third-order valence-electron chi connectivity index (χ3n) is 5.37. The Balaban J connectivity index is 1.53. The molecule has 0 aromatic heterocycles. The summed E-state index contributed by atoms with van der Waals surface area (Å²) in [5.74, 6) is 0.593. The second kappa shape index (κ2) is 11.4. The average molecular weight is 411 g/mol. The molecule has 0 spiro atoms. The maximum atomic E-state index is 12.4. The van der Waals surface area contributed by atoms with Crippen molar-refractivity contribution in [2.24, 2.45) is 5.92 Å². The van der Waals surface area contributed by atoms with Gasteiger partial charge in [0.15, 0.2) is 0 Å². The van der Waals surface area contributed by atoms with Gasteiger partial charge < -0.3 is 20.1 Å². The molecule has 2 N–H and O–H groups in total. The van der Waals surface area contributed by atoms with Crippen LogP contribution in [0.4, 0.5) is 0 Å². The second-order valence-corrected chi connectivity index (χ2v) is 7.66. The number of esters is 1. The Morgan fingerprint density at radius 1 is 1.03 bits per heavy atom. The number of rotatable bonds is 9. The first-order chi connectivity index (χ1) is 14.6. The lowest BCUT2D eigenvalue weighted by Gasteiger charge is -2.23. The van der Waals surface area contributed by atoms with Gasteiger partial charge in [-0.25, -0.2) is 4.79 Å². The molecule has 1 aliphatic heterocycles. The van der Waals surface area contributed by atoms with Crippen molar-refractivity contribution in [3.63, 3.8) is 0 Å². The standard InChI is InChI=1S/C24H30N2O4/c1-29-24(28)22(26-23(27)16-19-11-13-25-14-12-19)15-18-7-9-21(10-8-18)30-17-20-5-3-2-4-6-20/h2-10,19,22,25H,11-17H2,1H3,(H,26,27)/t22-/m0/s1. The molecular formula is C24H30N2O4. The minimum atomic E-state index is -0.694. The van der Waals surface area contributed by atoms with Crippen LogP contribution in [0, 0.1) is 5.92 Å². The summed E-state index contributed by atoms with van der Waals surface area (Å²) in [5, 5.41) is 6.16. The molecule has 1 aliphatic rings. The second-order valence-electron chi connectivity index (χ2n) is 7.66. The molecule has 0 aliphatic carbocycles. The monoisotopic (exact) mass is 410 g/mol. The molecule has 1 saturated heterocycles. The van der Waals surface area contributed by atoms with Crippen molar-refractivity contribution in [3.05, 3.63) is 65.7 Å². The minimum Gasteiger partial charge on any atom is -0.489 e. The van der Waals surface area contributed by atoms with E-state index >= 15 is 0 Å². The molecule has 2 aromatic carbocycles. The first-order valence-electron chi connectivity index (χ1n) is 10.5. The van der Waals surface area contributed by atoms with Crippen molar-refractivity contribution in [3.8, 4) is 5.75 Å². The van der Waals surface area contributed by atoms with Crippen molar-refractivity contribution >= 4 is 11.9 Å². The van der Waals surface area contributed by atoms with Crippen LogP contribution >= 0.6 is 0 Å². The van der Waals surface area contributed by atoms with E-state index in [1.807, 2.05) is 54.6 Å². The van der Waals surface area contributed by atoms with Gasteiger partial charge in [-0.2, -0.15) is 0 Å². The lowest BCUT2D eigenvalue weighted by atomic mass is 9.94. The molecular weight excluding hydrogens is 380 g/mol. The van der Waals surface area contributed by atoms with E-state index in [0.717, 1.165) is 42.8 Å². The predicted molar refractivity (Wildman–Crippen MR) is 115 cm³/mol. The van der Waals surface area contributed by atoms with Crippen LogP contribution in [-0.2, 0) is 27.4 Å². The Bertz CT molecular complexity index is 802. The molecule has 2 aromatic rings. The molecule has 1 atom stereocenters. The van der Waals surface area contributed by atoms with Crippen molar-refractivity contribution < 1.29 is 19.1 Å². The highest BCUT2D eigenvalue weighted by molar-refractivity contribution is 5.84. The first-order valence-corrected chi connectivity index (χ1v) is 10.5. The Morgan fingerprint density at radius 2 is 1.73 bits per heavy atom. The SMILES string of the molecule is COC(=O)[C@H](Cc1ccc(OCc2ccccc2)cc1)NC(=O)CC1CCNCC1. The summed E-state index contributed by atoms with van der Waals surface area (Å²) >= 11 is 0. The zero-order valence-electron chi connectivity index (χ0n) is 17.4. The van der Waals surface area contributed by atoms with Gasteiger partial charge in [0.1, 0.15) is 18.4 Å². The Hall–Kier alpha value is -2.86. The van der Waals surface area contributed by atoms with Gasteiger partial charge in [0.25, 0.3) is 0 Å². The summed E-state index contributed by atoms with van der Waals surface area (Å²) in [6, 6.07) is 16.9. The maximum Gasteiger partial charge on any atom is 0.328 e. The fourth-order valence-corrected chi connectivity index (χ4v) is 3.64. The van der Waals surface area contributed by atoms with Gasteiger partial charge >= 0.3 is 5.97 Å². The van der Waals surface area contributed by atoms with Crippen LogP contribution in [0.3, 0.4) is 0 Å². The molecule has 30 heavy (non-hydrogen) atoms. The number of carbonyl (C=O) groups is 2. The van der Waals surface area contributed by atoms with Gasteiger partial charge in [0, 0.05) is 12.8 Å². The summed E-state index contributed by atoms with van der Waals surface area (Å²) in [7, 11) is 1.34. The molecule has 1 amide bonds. The zero-order valence-corrected chi connectivity index (χ0v) is 17.4. The lowest BCUT2D eigenvalue weighted by Crippen LogP contribution is -2.44. The van der Waals surface area contributed by atoms with Crippen molar-refractivity contribution in [1.29, 1.82) is 0 Å². The summed E-state index contributed by atoms with van der Waals surface area (Å²) in [6.45, 7) is 2.38. The topological polar surface area (TPSA) is 76.7 Å².